The Kier molecular flexibility index (Phi) is 5.16. The molecule has 0 atom stereocenters. The van der Waals surface area contributed by atoms with Gasteiger partial charge in [0.05, 0.1) is 0 Å². The standard InChI is InChI=1S/C22H33N3O/c1-6-7-12-25(17-14-21(2,3)24-22(4,5)15-17)20(26)19-13-16-10-8-9-11-18(16)23-19/h8-11,13,17,23-24H,6-7,12,14-15H2,1-5H3. The van der Waals surface area contributed by atoms with E-state index >= 15 is 0 Å². The van der Waals surface area contributed by atoms with Crippen molar-refractivity contribution in [3.63, 3.8) is 0 Å². The molecule has 2 heterocycles. The predicted molar refractivity (Wildman–Crippen MR) is 109 cm³/mol. The molecule has 4 heteroatoms. The van der Waals surface area contributed by atoms with E-state index in [-0.39, 0.29) is 23.0 Å². The average molecular weight is 356 g/mol. The number of hydrogen-bond donors (Lipinski definition) is 2. The number of para-hydroxylation sites is 1. The van der Waals surface area contributed by atoms with Crippen molar-refractivity contribution in [1.82, 2.24) is 15.2 Å². The molecular weight excluding hydrogens is 322 g/mol. The number of aromatic amines is 1. The summed E-state index contributed by atoms with van der Waals surface area (Å²) in [5.41, 5.74) is 1.78. The minimum Gasteiger partial charge on any atom is -0.351 e. The molecule has 4 nitrogen and oxygen atoms in total. The Balaban J connectivity index is 1.90. The van der Waals surface area contributed by atoms with Gasteiger partial charge in [0.25, 0.3) is 5.91 Å². The van der Waals surface area contributed by atoms with Crippen LogP contribution < -0.4 is 5.32 Å². The molecule has 0 spiro atoms. The lowest BCUT2D eigenvalue weighted by atomic mass is 9.79. The first-order valence-corrected chi connectivity index (χ1v) is 9.89. The third kappa shape index (κ3) is 4.12. The Hall–Kier alpha value is -1.81. The fourth-order valence-electron chi connectivity index (χ4n) is 4.61. The van der Waals surface area contributed by atoms with Crippen LogP contribution in [0.1, 0.15) is 70.8 Å². The van der Waals surface area contributed by atoms with Gasteiger partial charge in [-0.2, -0.15) is 0 Å². The molecule has 0 aliphatic carbocycles. The lowest BCUT2D eigenvalue weighted by Crippen LogP contribution is -2.62. The summed E-state index contributed by atoms with van der Waals surface area (Å²) in [6, 6.07) is 10.3. The molecule has 2 aromatic rings. The number of rotatable bonds is 5. The number of carbonyl (C=O) groups is 1. The van der Waals surface area contributed by atoms with Gasteiger partial charge in [0, 0.05) is 34.6 Å². The van der Waals surface area contributed by atoms with Crippen molar-refractivity contribution in [3.8, 4) is 0 Å². The van der Waals surface area contributed by atoms with E-state index in [9.17, 15) is 4.79 Å². The Bertz CT molecular complexity index is 726. The number of nitrogens with one attached hydrogen (secondary N) is 2. The molecule has 1 amide bonds. The minimum atomic E-state index is 0.0254. The minimum absolute atomic E-state index is 0.0254. The second-order valence-electron chi connectivity index (χ2n) is 9.08. The SMILES string of the molecule is CCCCN(C(=O)c1cc2ccccc2[nH]1)C1CC(C)(C)NC(C)(C)C1. The number of amides is 1. The number of nitrogens with zero attached hydrogens (tertiary/aromatic N) is 1. The van der Waals surface area contributed by atoms with Gasteiger partial charge in [0.15, 0.2) is 0 Å². The highest BCUT2D eigenvalue weighted by Gasteiger charge is 2.41. The summed E-state index contributed by atoms with van der Waals surface area (Å²) in [5.74, 6) is 0.133. The van der Waals surface area contributed by atoms with Crippen LogP contribution in [0.15, 0.2) is 30.3 Å². The van der Waals surface area contributed by atoms with E-state index in [0.29, 0.717) is 5.69 Å². The van der Waals surface area contributed by atoms with Gasteiger partial charge < -0.3 is 15.2 Å². The van der Waals surface area contributed by atoms with E-state index in [1.54, 1.807) is 0 Å². The van der Waals surface area contributed by atoms with Gasteiger partial charge in [-0.15, -0.1) is 0 Å². The van der Waals surface area contributed by atoms with E-state index in [1.165, 1.54) is 0 Å². The summed E-state index contributed by atoms with van der Waals surface area (Å²) in [6.45, 7) is 12.0. The Morgan fingerprint density at radius 3 is 2.42 bits per heavy atom. The van der Waals surface area contributed by atoms with Crippen LogP contribution in [0.4, 0.5) is 0 Å². The molecule has 0 saturated carbocycles. The predicted octanol–water partition coefficient (Wildman–Crippen LogP) is 4.72. The molecule has 1 aliphatic heterocycles. The number of piperidine rings is 1. The van der Waals surface area contributed by atoms with Crippen LogP contribution in [0, 0.1) is 0 Å². The van der Waals surface area contributed by atoms with Crippen LogP contribution in [0.3, 0.4) is 0 Å². The van der Waals surface area contributed by atoms with Crippen LogP contribution in [0.2, 0.25) is 0 Å². The zero-order valence-corrected chi connectivity index (χ0v) is 16.9. The highest BCUT2D eigenvalue weighted by atomic mass is 16.2. The van der Waals surface area contributed by atoms with E-state index in [2.05, 4.69) is 55.9 Å². The lowest BCUT2D eigenvalue weighted by molar-refractivity contribution is 0.0437. The van der Waals surface area contributed by atoms with Gasteiger partial charge in [-0.05, 0) is 59.1 Å². The molecule has 1 saturated heterocycles. The van der Waals surface area contributed by atoms with Crippen LogP contribution in [0.25, 0.3) is 10.9 Å². The van der Waals surface area contributed by atoms with E-state index in [4.69, 9.17) is 0 Å². The van der Waals surface area contributed by atoms with Crippen molar-refractivity contribution in [1.29, 1.82) is 0 Å². The second-order valence-corrected chi connectivity index (χ2v) is 9.08. The van der Waals surface area contributed by atoms with Crippen molar-refractivity contribution in [3.05, 3.63) is 36.0 Å². The van der Waals surface area contributed by atoms with Crippen LogP contribution in [0.5, 0.6) is 0 Å². The molecule has 1 aliphatic rings. The Morgan fingerprint density at radius 1 is 1.15 bits per heavy atom. The van der Waals surface area contributed by atoms with E-state index in [1.807, 2.05) is 24.3 Å². The molecule has 142 valence electrons. The molecule has 1 fully saturated rings. The summed E-state index contributed by atoms with van der Waals surface area (Å²) < 4.78 is 0. The van der Waals surface area contributed by atoms with Gasteiger partial charge in [0.1, 0.15) is 5.69 Å². The topological polar surface area (TPSA) is 48.1 Å². The molecule has 0 unspecified atom stereocenters. The Labute approximate surface area is 157 Å². The second kappa shape index (κ2) is 7.07. The van der Waals surface area contributed by atoms with Gasteiger partial charge in [-0.1, -0.05) is 31.5 Å². The maximum Gasteiger partial charge on any atom is 0.270 e. The molecule has 26 heavy (non-hydrogen) atoms. The number of aromatic nitrogens is 1. The lowest BCUT2D eigenvalue weighted by Gasteiger charge is -2.49. The van der Waals surface area contributed by atoms with Crippen molar-refractivity contribution in [2.24, 2.45) is 0 Å². The molecule has 1 aromatic carbocycles. The first kappa shape index (κ1) is 19.0. The van der Waals surface area contributed by atoms with Crippen molar-refractivity contribution in [2.75, 3.05) is 6.54 Å². The normalized spacial score (nSPS) is 19.6. The smallest absolute Gasteiger partial charge is 0.270 e. The summed E-state index contributed by atoms with van der Waals surface area (Å²) in [6.07, 6.45) is 4.09. The molecule has 2 N–H and O–H groups in total. The van der Waals surface area contributed by atoms with Crippen molar-refractivity contribution >= 4 is 16.8 Å². The molecule has 1 aromatic heterocycles. The highest BCUT2D eigenvalue weighted by molar-refractivity contribution is 5.98. The quantitative estimate of drug-likeness (QED) is 0.815. The van der Waals surface area contributed by atoms with Crippen LogP contribution in [-0.2, 0) is 0 Å². The largest absolute Gasteiger partial charge is 0.351 e. The molecule has 3 rings (SSSR count). The summed E-state index contributed by atoms with van der Waals surface area (Å²) in [7, 11) is 0. The molecule has 0 radical (unpaired) electrons. The Morgan fingerprint density at radius 2 is 1.81 bits per heavy atom. The van der Waals surface area contributed by atoms with Gasteiger partial charge in [0.2, 0.25) is 0 Å². The van der Waals surface area contributed by atoms with Crippen molar-refractivity contribution < 1.29 is 4.79 Å². The first-order valence-electron chi connectivity index (χ1n) is 9.89. The average Bonchev–Trinajstić information content (AvgIpc) is 2.96. The fraction of sp³-hybridized carbons (Fsp3) is 0.591. The fourth-order valence-corrected chi connectivity index (χ4v) is 4.61. The molecule has 0 bridgehead atoms. The van der Waals surface area contributed by atoms with Gasteiger partial charge in [-0.25, -0.2) is 0 Å². The number of carbonyl (C=O) groups excluding carboxylic acids is 1. The zero-order chi connectivity index (χ0) is 18.9. The monoisotopic (exact) mass is 355 g/mol. The maximum absolute atomic E-state index is 13.4. The van der Waals surface area contributed by atoms with E-state index < -0.39 is 0 Å². The number of unbranched alkanes of at least 4 members (excludes halogenated alkanes) is 1. The third-order valence-corrected chi connectivity index (χ3v) is 5.38. The van der Waals surface area contributed by atoms with Gasteiger partial charge >= 0.3 is 0 Å². The number of fused-ring (bicyclic) bond motifs is 1. The third-order valence-electron chi connectivity index (χ3n) is 5.38. The summed E-state index contributed by atoms with van der Waals surface area (Å²) >= 11 is 0. The van der Waals surface area contributed by atoms with E-state index in [0.717, 1.165) is 43.1 Å². The van der Waals surface area contributed by atoms with Crippen molar-refractivity contribution in [2.45, 2.75) is 77.4 Å². The summed E-state index contributed by atoms with van der Waals surface area (Å²) in [4.78, 5) is 18.9. The number of hydrogen-bond acceptors (Lipinski definition) is 2. The number of H-pyrrole nitrogens is 1. The van der Waals surface area contributed by atoms with Gasteiger partial charge in [-0.3, -0.25) is 4.79 Å². The molecular formula is C22H33N3O. The summed E-state index contributed by atoms with van der Waals surface area (Å²) in [5, 5.41) is 4.82. The highest BCUT2D eigenvalue weighted by Crippen LogP contribution is 2.32. The zero-order valence-electron chi connectivity index (χ0n) is 16.9. The number of benzene rings is 1. The van der Waals surface area contributed by atoms with Crippen LogP contribution in [-0.4, -0.2) is 39.5 Å². The van der Waals surface area contributed by atoms with Crippen LogP contribution >= 0.6 is 0 Å². The maximum atomic E-state index is 13.4. The first-order chi connectivity index (χ1) is 12.2.